The van der Waals surface area contributed by atoms with Gasteiger partial charge in [-0.05, 0) is 42.0 Å². The number of ether oxygens (including phenoxy) is 1. The zero-order valence-corrected chi connectivity index (χ0v) is 9.43. The van der Waals surface area contributed by atoms with Gasteiger partial charge in [0.15, 0.2) is 4.67 Å². The molecule has 3 nitrogen and oxygen atoms in total. The number of furan rings is 1. The average Bonchev–Trinajstić information content (AvgIpc) is 2.54. The minimum absolute atomic E-state index is 0.131. The number of nitrogens with one attached hydrogen (secondary N) is 1. The second-order valence-electron chi connectivity index (χ2n) is 2.64. The molecule has 1 aromatic rings. The van der Waals surface area contributed by atoms with E-state index in [1.54, 1.807) is 0 Å². The smallest absolute Gasteiger partial charge is 0.169 e. The molecule has 4 heteroatoms. The Morgan fingerprint density at radius 3 is 2.85 bits per heavy atom. The van der Waals surface area contributed by atoms with Gasteiger partial charge in [0.2, 0.25) is 0 Å². The summed E-state index contributed by atoms with van der Waals surface area (Å²) < 4.78 is 11.5. The SMILES string of the molecule is CCOCC(NC)c1ccc(Br)o1. The van der Waals surface area contributed by atoms with Crippen molar-refractivity contribution in [2.24, 2.45) is 0 Å². The zero-order chi connectivity index (χ0) is 9.68. The molecule has 1 N–H and O–H groups in total. The van der Waals surface area contributed by atoms with Gasteiger partial charge >= 0.3 is 0 Å². The Labute approximate surface area is 86.6 Å². The lowest BCUT2D eigenvalue weighted by Crippen LogP contribution is -2.21. The molecule has 13 heavy (non-hydrogen) atoms. The van der Waals surface area contributed by atoms with Crippen LogP contribution in [0.15, 0.2) is 21.2 Å². The maximum atomic E-state index is 5.41. The van der Waals surface area contributed by atoms with Gasteiger partial charge in [-0.2, -0.15) is 0 Å². The molecule has 0 aliphatic heterocycles. The summed E-state index contributed by atoms with van der Waals surface area (Å²) in [6.45, 7) is 3.33. The summed E-state index contributed by atoms with van der Waals surface area (Å²) in [7, 11) is 1.89. The van der Waals surface area contributed by atoms with Crippen LogP contribution in [0.2, 0.25) is 0 Å². The minimum atomic E-state index is 0.131. The van der Waals surface area contributed by atoms with E-state index in [1.807, 2.05) is 26.1 Å². The van der Waals surface area contributed by atoms with Gasteiger partial charge in [-0.3, -0.25) is 0 Å². The lowest BCUT2D eigenvalue weighted by atomic mass is 10.2. The van der Waals surface area contributed by atoms with Crippen molar-refractivity contribution >= 4 is 15.9 Å². The van der Waals surface area contributed by atoms with Crippen LogP contribution in [0.1, 0.15) is 18.7 Å². The standard InChI is InChI=1S/C9H14BrNO2/c1-3-12-6-7(11-2)8-4-5-9(10)13-8/h4-5,7,11H,3,6H2,1-2H3. The van der Waals surface area contributed by atoms with Crippen molar-refractivity contribution in [3.8, 4) is 0 Å². The van der Waals surface area contributed by atoms with Gasteiger partial charge < -0.3 is 14.5 Å². The maximum Gasteiger partial charge on any atom is 0.169 e. The van der Waals surface area contributed by atoms with E-state index in [0.717, 1.165) is 17.0 Å². The highest BCUT2D eigenvalue weighted by Crippen LogP contribution is 2.20. The van der Waals surface area contributed by atoms with Crippen molar-refractivity contribution in [2.75, 3.05) is 20.3 Å². The van der Waals surface area contributed by atoms with E-state index in [9.17, 15) is 0 Å². The first kappa shape index (κ1) is 10.8. The summed E-state index contributed by atoms with van der Waals surface area (Å²) in [4.78, 5) is 0. The molecule has 1 unspecified atom stereocenters. The Balaban J connectivity index is 2.56. The monoisotopic (exact) mass is 247 g/mol. The molecule has 0 aliphatic carbocycles. The van der Waals surface area contributed by atoms with Gasteiger partial charge in [0, 0.05) is 6.61 Å². The number of likely N-dealkylation sites (N-methyl/N-ethyl adjacent to an activating group) is 1. The lowest BCUT2D eigenvalue weighted by Gasteiger charge is -2.12. The topological polar surface area (TPSA) is 34.4 Å². The lowest BCUT2D eigenvalue weighted by molar-refractivity contribution is 0.118. The Hall–Kier alpha value is -0.320. The number of halogens is 1. The zero-order valence-electron chi connectivity index (χ0n) is 7.84. The van der Waals surface area contributed by atoms with Crippen molar-refractivity contribution < 1.29 is 9.15 Å². The van der Waals surface area contributed by atoms with E-state index in [1.165, 1.54) is 0 Å². The van der Waals surface area contributed by atoms with Crippen LogP contribution in [0, 0.1) is 0 Å². The molecule has 0 aliphatic rings. The molecule has 1 rings (SSSR count). The fourth-order valence-electron chi connectivity index (χ4n) is 1.06. The molecule has 1 heterocycles. The Bertz CT molecular complexity index is 250. The first-order valence-corrected chi connectivity index (χ1v) is 5.07. The van der Waals surface area contributed by atoms with Crippen LogP contribution in [-0.2, 0) is 4.74 Å². The van der Waals surface area contributed by atoms with E-state index in [4.69, 9.17) is 9.15 Å². The highest BCUT2D eigenvalue weighted by Gasteiger charge is 2.12. The van der Waals surface area contributed by atoms with Gasteiger partial charge in [-0.1, -0.05) is 0 Å². The van der Waals surface area contributed by atoms with E-state index in [2.05, 4.69) is 21.2 Å². The fourth-order valence-corrected chi connectivity index (χ4v) is 1.38. The fraction of sp³-hybridized carbons (Fsp3) is 0.556. The van der Waals surface area contributed by atoms with Crippen molar-refractivity contribution in [3.63, 3.8) is 0 Å². The van der Waals surface area contributed by atoms with E-state index >= 15 is 0 Å². The highest BCUT2D eigenvalue weighted by atomic mass is 79.9. The van der Waals surface area contributed by atoms with Crippen molar-refractivity contribution in [3.05, 3.63) is 22.6 Å². The normalized spacial score (nSPS) is 13.2. The molecular formula is C9H14BrNO2. The van der Waals surface area contributed by atoms with Gasteiger partial charge in [0.05, 0.1) is 12.6 Å². The second-order valence-corrected chi connectivity index (χ2v) is 3.42. The first-order valence-electron chi connectivity index (χ1n) is 4.28. The van der Waals surface area contributed by atoms with E-state index in [0.29, 0.717) is 6.61 Å². The minimum Gasteiger partial charge on any atom is -0.453 e. The summed E-state index contributed by atoms with van der Waals surface area (Å²) in [5, 5.41) is 3.13. The van der Waals surface area contributed by atoms with Crippen LogP contribution in [0.4, 0.5) is 0 Å². The summed E-state index contributed by atoms with van der Waals surface area (Å²) in [6.07, 6.45) is 0. The Morgan fingerprint density at radius 1 is 1.62 bits per heavy atom. The molecule has 1 atom stereocenters. The molecule has 0 aromatic carbocycles. The quantitative estimate of drug-likeness (QED) is 0.868. The molecule has 0 saturated heterocycles. The molecule has 0 amide bonds. The van der Waals surface area contributed by atoms with Crippen LogP contribution in [0.5, 0.6) is 0 Å². The highest BCUT2D eigenvalue weighted by molar-refractivity contribution is 9.10. The molecule has 0 fully saturated rings. The third-order valence-electron chi connectivity index (χ3n) is 1.77. The molecule has 0 spiro atoms. The molecular weight excluding hydrogens is 234 g/mol. The van der Waals surface area contributed by atoms with Gasteiger partial charge in [-0.25, -0.2) is 0 Å². The summed E-state index contributed by atoms with van der Waals surface area (Å²) in [5.74, 6) is 0.892. The van der Waals surface area contributed by atoms with E-state index in [-0.39, 0.29) is 6.04 Å². The maximum absolute atomic E-state index is 5.41. The van der Waals surface area contributed by atoms with Gasteiger partial charge in [-0.15, -0.1) is 0 Å². The van der Waals surface area contributed by atoms with Crippen LogP contribution >= 0.6 is 15.9 Å². The summed E-state index contributed by atoms with van der Waals surface area (Å²) in [5.41, 5.74) is 0. The summed E-state index contributed by atoms with van der Waals surface area (Å²) in [6, 6.07) is 3.95. The van der Waals surface area contributed by atoms with Crippen LogP contribution in [0.3, 0.4) is 0 Å². The number of rotatable bonds is 5. The number of hydrogen-bond acceptors (Lipinski definition) is 3. The van der Waals surface area contributed by atoms with Gasteiger partial charge in [0.1, 0.15) is 5.76 Å². The van der Waals surface area contributed by atoms with E-state index < -0.39 is 0 Å². The largest absolute Gasteiger partial charge is 0.453 e. The van der Waals surface area contributed by atoms with Crippen molar-refractivity contribution in [1.82, 2.24) is 5.32 Å². The summed E-state index contributed by atoms with van der Waals surface area (Å²) >= 11 is 3.26. The third-order valence-corrected chi connectivity index (χ3v) is 2.20. The van der Waals surface area contributed by atoms with Crippen molar-refractivity contribution in [1.29, 1.82) is 0 Å². The van der Waals surface area contributed by atoms with Crippen LogP contribution < -0.4 is 5.32 Å². The van der Waals surface area contributed by atoms with Gasteiger partial charge in [0.25, 0.3) is 0 Å². The molecule has 0 bridgehead atoms. The first-order chi connectivity index (χ1) is 6.27. The molecule has 0 saturated carbocycles. The predicted octanol–water partition coefficient (Wildman–Crippen LogP) is 2.34. The molecule has 0 radical (unpaired) electrons. The Morgan fingerprint density at radius 2 is 2.38 bits per heavy atom. The second kappa shape index (κ2) is 5.42. The van der Waals surface area contributed by atoms with Crippen LogP contribution in [-0.4, -0.2) is 20.3 Å². The molecule has 1 aromatic heterocycles. The molecule has 74 valence electrons. The average molecular weight is 248 g/mol. The van der Waals surface area contributed by atoms with Crippen LogP contribution in [0.25, 0.3) is 0 Å². The number of hydrogen-bond donors (Lipinski definition) is 1. The Kier molecular flexibility index (Phi) is 4.48. The third kappa shape index (κ3) is 3.14. The predicted molar refractivity (Wildman–Crippen MR) is 54.7 cm³/mol. The van der Waals surface area contributed by atoms with Crippen molar-refractivity contribution in [2.45, 2.75) is 13.0 Å².